The number of carbonyl (C=O) groups excluding carboxylic acids is 1. The molecule has 7 heteroatoms. The zero-order chi connectivity index (χ0) is 16.7. The van der Waals surface area contributed by atoms with Crippen LogP contribution in [0.25, 0.3) is 0 Å². The van der Waals surface area contributed by atoms with E-state index in [9.17, 15) is 4.79 Å². The number of amides is 1. The van der Waals surface area contributed by atoms with E-state index in [1.165, 1.54) is 12.4 Å². The van der Waals surface area contributed by atoms with Gasteiger partial charge >= 0.3 is 0 Å². The lowest BCUT2D eigenvalue weighted by atomic mass is 10.2. The van der Waals surface area contributed by atoms with Crippen LogP contribution in [-0.4, -0.2) is 36.1 Å². The zero-order valence-corrected chi connectivity index (χ0v) is 13.9. The summed E-state index contributed by atoms with van der Waals surface area (Å²) < 4.78 is 4.92. The molecule has 0 atom stereocenters. The van der Waals surface area contributed by atoms with Crippen molar-refractivity contribution in [1.29, 1.82) is 0 Å². The Labute approximate surface area is 140 Å². The monoisotopic (exact) mass is 334 g/mol. The van der Waals surface area contributed by atoms with Gasteiger partial charge in [-0.25, -0.2) is 9.97 Å². The lowest BCUT2D eigenvalue weighted by Gasteiger charge is -2.09. The number of carbonyl (C=O) groups is 1. The molecule has 122 valence electrons. The Kier molecular flexibility index (Phi) is 6.31. The summed E-state index contributed by atoms with van der Waals surface area (Å²) in [6.45, 7) is 3.09. The number of halogens is 1. The van der Waals surface area contributed by atoms with Crippen LogP contribution in [0, 0.1) is 6.92 Å². The molecule has 1 aromatic carbocycles. The maximum atomic E-state index is 11.9. The van der Waals surface area contributed by atoms with E-state index in [0.29, 0.717) is 24.0 Å². The van der Waals surface area contributed by atoms with Crippen LogP contribution in [0.1, 0.15) is 22.5 Å². The molecule has 0 radical (unpaired) electrons. The summed E-state index contributed by atoms with van der Waals surface area (Å²) in [7, 11) is 1.63. The standard InChI is InChI=1S/C16H19ClN4O2/c1-11-8-12(17)4-5-13(11)21-15-10-19-14(9-20-15)16(22)18-6-3-7-23-2/h4-5,8-10H,3,6-7H2,1-2H3,(H,18,22)(H,20,21). The quantitative estimate of drug-likeness (QED) is 0.761. The van der Waals surface area contributed by atoms with Gasteiger partial charge in [-0.15, -0.1) is 0 Å². The minimum Gasteiger partial charge on any atom is -0.385 e. The number of ether oxygens (including phenoxy) is 1. The minimum absolute atomic E-state index is 0.247. The van der Waals surface area contributed by atoms with Crippen molar-refractivity contribution < 1.29 is 9.53 Å². The van der Waals surface area contributed by atoms with E-state index >= 15 is 0 Å². The number of anilines is 2. The first kappa shape index (κ1) is 17.2. The van der Waals surface area contributed by atoms with E-state index < -0.39 is 0 Å². The SMILES string of the molecule is COCCCNC(=O)c1cnc(Nc2ccc(Cl)cc2C)cn1. The molecule has 0 bridgehead atoms. The summed E-state index contributed by atoms with van der Waals surface area (Å²) in [6, 6.07) is 5.53. The molecule has 0 saturated carbocycles. The second-order valence-corrected chi connectivity index (χ2v) is 5.41. The molecule has 0 aliphatic carbocycles. The van der Waals surface area contributed by atoms with Gasteiger partial charge in [0.2, 0.25) is 0 Å². The average molecular weight is 335 g/mol. The fourth-order valence-electron chi connectivity index (χ4n) is 1.92. The van der Waals surface area contributed by atoms with Crippen LogP contribution in [0.3, 0.4) is 0 Å². The van der Waals surface area contributed by atoms with Crippen molar-refractivity contribution in [2.24, 2.45) is 0 Å². The summed E-state index contributed by atoms with van der Waals surface area (Å²) in [5.74, 6) is 0.314. The van der Waals surface area contributed by atoms with Crippen molar-refractivity contribution in [1.82, 2.24) is 15.3 Å². The predicted octanol–water partition coefficient (Wildman–Crippen LogP) is 2.95. The molecule has 1 aromatic heterocycles. The Bertz CT molecular complexity index is 662. The first-order valence-corrected chi connectivity index (χ1v) is 7.60. The lowest BCUT2D eigenvalue weighted by molar-refractivity contribution is 0.0943. The number of aromatic nitrogens is 2. The van der Waals surface area contributed by atoms with Gasteiger partial charge < -0.3 is 15.4 Å². The molecular weight excluding hydrogens is 316 g/mol. The number of methoxy groups -OCH3 is 1. The molecule has 1 amide bonds. The molecule has 0 fully saturated rings. The van der Waals surface area contributed by atoms with Crippen LogP contribution < -0.4 is 10.6 Å². The van der Waals surface area contributed by atoms with E-state index in [2.05, 4.69) is 20.6 Å². The highest BCUT2D eigenvalue weighted by Gasteiger charge is 2.08. The topological polar surface area (TPSA) is 76.1 Å². The van der Waals surface area contributed by atoms with Gasteiger partial charge in [0.1, 0.15) is 11.5 Å². The van der Waals surface area contributed by atoms with Crippen molar-refractivity contribution in [2.75, 3.05) is 25.6 Å². The van der Waals surface area contributed by atoms with Crippen LogP contribution in [0.15, 0.2) is 30.6 Å². The van der Waals surface area contributed by atoms with E-state index in [0.717, 1.165) is 17.7 Å². The highest BCUT2D eigenvalue weighted by Crippen LogP contribution is 2.22. The molecule has 2 aromatic rings. The number of hydrogen-bond donors (Lipinski definition) is 2. The summed E-state index contributed by atoms with van der Waals surface area (Å²) in [6.07, 6.45) is 3.72. The fourth-order valence-corrected chi connectivity index (χ4v) is 2.15. The summed E-state index contributed by atoms with van der Waals surface area (Å²) in [5, 5.41) is 6.59. The van der Waals surface area contributed by atoms with E-state index in [-0.39, 0.29) is 11.6 Å². The molecule has 0 spiro atoms. The lowest BCUT2D eigenvalue weighted by Crippen LogP contribution is -2.26. The number of nitrogens with one attached hydrogen (secondary N) is 2. The molecule has 23 heavy (non-hydrogen) atoms. The van der Waals surface area contributed by atoms with Crippen LogP contribution in [0.5, 0.6) is 0 Å². The highest BCUT2D eigenvalue weighted by atomic mass is 35.5. The van der Waals surface area contributed by atoms with Crippen molar-refractivity contribution in [3.05, 3.63) is 46.9 Å². The Morgan fingerprint density at radius 3 is 2.78 bits per heavy atom. The summed E-state index contributed by atoms with van der Waals surface area (Å²) in [5.41, 5.74) is 2.17. The number of aryl methyl sites for hydroxylation is 1. The fraction of sp³-hybridized carbons (Fsp3) is 0.312. The van der Waals surface area contributed by atoms with Crippen LogP contribution in [0.4, 0.5) is 11.5 Å². The van der Waals surface area contributed by atoms with E-state index in [1.54, 1.807) is 13.2 Å². The number of rotatable bonds is 7. The van der Waals surface area contributed by atoms with Gasteiger partial charge in [-0.05, 0) is 37.1 Å². The van der Waals surface area contributed by atoms with Crippen molar-refractivity contribution in [3.8, 4) is 0 Å². The Morgan fingerprint density at radius 2 is 2.13 bits per heavy atom. The number of nitrogens with zero attached hydrogens (tertiary/aromatic N) is 2. The van der Waals surface area contributed by atoms with E-state index in [4.69, 9.17) is 16.3 Å². The summed E-state index contributed by atoms with van der Waals surface area (Å²) in [4.78, 5) is 20.2. The van der Waals surface area contributed by atoms with Crippen molar-refractivity contribution in [2.45, 2.75) is 13.3 Å². The first-order chi connectivity index (χ1) is 11.1. The molecule has 1 heterocycles. The predicted molar refractivity (Wildman–Crippen MR) is 90.3 cm³/mol. The van der Waals surface area contributed by atoms with Gasteiger partial charge in [0.15, 0.2) is 0 Å². The molecule has 0 saturated heterocycles. The zero-order valence-electron chi connectivity index (χ0n) is 13.1. The Hall–Kier alpha value is -2.18. The third-order valence-electron chi connectivity index (χ3n) is 3.15. The number of hydrogen-bond acceptors (Lipinski definition) is 5. The molecular formula is C16H19ClN4O2. The number of benzene rings is 1. The Morgan fingerprint density at radius 1 is 1.30 bits per heavy atom. The van der Waals surface area contributed by atoms with Gasteiger partial charge in [-0.2, -0.15) is 0 Å². The van der Waals surface area contributed by atoms with Gasteiger partial charge in [-0.1, -0.05) is 11.6 Å². The van der Waals surface area contributed by atoms with Gasteiger partial charge in [0.25, 0.3) is 5.91 Å². The highest BCUT2D eigenvalue weighted by molar-refractivity contribution is 6.30. The summed E-state index contributed by atoms with van der Waals surface area (Å²) >= 11 is 5.93. The van der Waals surface area contributed by atoms with Crippen LogP contribution >= 0.6 is 11.6 Å². The van der Waals surface area contributed by atoms with Crippen molar-refractivity contribution >= 4 is 29.0 Å². The maximum absolute atomic E-state index is 11.9. The van der Waals surface area contributed by atoms with E-state index in [1.807, 2.05) is 19.1 Å². The second-order valence-electron chi connectivity index (χ2n) is 4.97. The van der Waals surface area contributed by atoms with Crippen LogP contribution in [0.2, 0.25) is 5.02 Å². The Balaban J connectivity index is 1.95. The normalized spacial score (nSPS) is 10.4. The molecule has 6 nitrogen and oxygen atoms in total. The molecule has 0 aliphatic heterocycles. The third kappa shape index (κ3) is 5.19. The first-order valence-electron chi connectivity index (χ1n) is 7.22. The molecule has 2 rings (SSSR count). The molecule has 0 aliphatic rings. The second kappa shape index (κ2) is 8.45. The maximum Gasteiger partial charge on any atom is 0.271 e. The van der Waals surface area contributed by atoms with Crippen molar-refractivity contribution in [3.63, 3.8) is 0 Å². The van der Waals surface area contributed by atoms with Gasteiger partial charge in [0, 0.05) is 31.0 Å². The smallest absolute Gasteiger partial charge is 0.271 e. The minimum atomic E-state index is -0.247. The average Bonchev–Trinajstić information content (AvgIpc) is 2.55. The third-order valence-corrected chi connectivity index (χ3v) is 3.38. The molecule has 2 N–H and O–H groups in total. The largest absolute Gasteiger partial charge is 0.385 e. The van der Waals surface area contributed by atoms with Gasteiger partial charge in [0.05, 0.1) is 12.4 Å². The van der Waals surface area contributed by atoms with Crippen LogP contribution in [-0.2, 0) is 4.74 Å². The molecule has 0 unspecified atom stereocenters. The van der Waals surface area contributed by atoms with Gasteiger partial charge in [-0.3, -0.25) is 4.79 Å².